The molecule has 0 bridgehead atoms. The molecule has 6 heteroatoms. The predicted molar refractivity (Wildman–Crippen MR) is 87.9 cm³/mol. The van der Waals surface area contributed by atoms with Crippen molar-refractivity contribution in [2.45, 2.75) is 11.8 Å². The van der Waals surface area contributed by atoms with Crippen molar-refractivity contribution in [3.8, 4) is 11.1 Å². The topological polar surface area (TPSA) is 38.3 Å². The van der Waals surface area contributed by atoms with Gasteiger partial charge in [0.2, 0.25) is 0 Å². The highest BCUT2D eigenvalue weighted by molar-refractivity contribution is 5.99. The number of carbonyl (C=O) groups excluding carboxylic acids is 1. The van der Waals surface area contributed by atoms with Crippen LogP contribution in [-0.2, 0) is 15.1 Å². The summed E-state index contributed by atoms with van der Waals surface area (Å²) < 4.78 is 43.6. The first kappa shape index (κ1) is 17.2. The van der Waals surface area contributed by atoms with Gasteiger partial charge in [0.1, 0.15) is 6.54 Å². The lowest BCUT2D eigenvalue weighted by Crippen LogP contribution is -2.48. The van der Waals surface area contributed by atoms with Crippen LogP contribution >= 0.6 is 0 Å². The van der Waals surface area contributed by atoms with Gasteiger partial charge in [-0.25, -0.2) is 0 Å². The zero-order valence-corrected chi connectivity index (χ0v) is 13.3. The van der Waals surface area contributed by atoms with Gasteiger partial charge in [-0.05, 0) is 11.1 Å². The molecular weight excluding hydrogens is 331 g/mol. The molecule has 0 atom stereocenters. The Morgan fingerprint density at radius 1 is 1.08 bits per heavy atom. The molecule has 0 saturated heterocycles. The smallest absolute Gasteiger partial charge is 0.352 e. The molecule has 1 amide bonds. The fraction of sp³-hybridized carbons (Fsp3) is 0.211. The Morgan fingerprint density at radius 3 is 2.08 bits per heavy atom. The summed E-state index contributed by atoms with van der Waals surface area (Å²) in [5, 5.41) is 1.97. The lowest BCUT2D eigenvalue weighted by atomic mass is 9.90. The van der Waals surface area contributed by atoms with E-state index in [0.29, 0.717) is 11.1 Å². The van der Waals surface area contributed by atoms with E-state index in [1.807, 2.05) is 29.6 Å². The van der Waals surface area contributed by atoms with E-state index < -0.39 is 24.2 Å². The fourth-order valence-corrected chi connectivity index (χ4v) is 3.15. The Balaban J connectivity index is 2.14. The van der Waals surface area contributed by atoms with Crippen LogP contribution in [0.15, 0.2) is 61.2 Å². The van der Waals surface area contributed by atoms with Crippen LogP contribution in [0.5, 0.6) is 0 Å². The van der Waals surface area contributed by atoms with Crippen molar-refractivity contribution < 1.29 is 22.7 Å². The quantitative estimate of drug-likeness (QED) is 0.836. The van der Waals surface area contributed by atoms with Crippen LogP contribution in [0.25, 0.3) is 11.1 Å². The van der Waals surface area contributed by atoms with Crippen molar-refractivity contribution in [2.75, 3.05) is 13.2 Å². The van der Waals surface area contributed by atoms with Gasteiger partial charge in [0.25, 0.3) is 5.91 Å². The normalized spacial score (nSPS) is 14.5. The Labute approximate surface area is 143 Å². The van der Waals surface area contributed by atoms with Crippen molar-refractivity contribution in [3.05, 3.63) is 72.3 Å². The van der Waals surface area contributed by atoms with Crippen LogP contribution < -0.4 is 5.32 Å². The number of hydrogen-bond acceptors (Lipinski definition) is 2. The largest absolute Gasteiger partial charge is 0.405 e. The van der Waals surface area contributed by atoms with Gasteiger partial charge in [-0.1, -0.05) is 54.6 Å². The molecule has 130 valence electrons. The first-order valence-electron chi connectivity index (χ1n) is 7.69. The summed E-state index contributed by atoms with van der Waals surface area (Å²) in [4.78, 5) is 12.9. The lowest BCUT2D eigenvalue weighted by Gasteiger charge is -2.30. The second-order valence-electron chi connectivity index (χ2n) is 5.67. The summed E-state index contributed by atoms with van der Waals surface area (Å²) in [6, 6.07) is 14.1. The predicted octanol–water partition coefficient (Wildman–Crippen LogP) is 3.79. The maximum absolute atomic E-state index is 12.9. The van der Waals surface area contributed by atoms with Gasteiger partial charge in [-0.15, -0.1) is 6.58 Å². The summed E-state index contributed by atoms with van der Waals surface area (Å²) in [5.41, 5.74) is 0.955. The number of halogens is 3. The molecule has 3 nitrogen and oxygen atoms in total. The monoisotopic (exact) mass is 347 g/mol. The van der Waals surface area contributed by atoms with E-state index >= 15 is 0 Å². The number of carbonyl (C=O) groups is 1. The van der Waals surface area contributed by atoms with Crippen LogP contribution in [0, 0.1) is 0 Å². The summed E-state index contributed by atoms with van der Waals surface area (Å²) >= 11 is 0. The van der Waals surface area contributed by atoms with Crippen molar-refractivity contribution >= 4 is 5.91 Å². The summed E-state index contributed by atoms with van der Waals surface area (Å²) in [6.07, 6.45) is -3.05. The molecule has 0 saturated carbocycles. The van der Waals surface area contributed by atoms with Crippen LogP contribution in [0.3, 0.4) is 0 Å². The molecule has 2 aromatic carbocycles. The van der Waals surface area contributed by atoms with Crippen molar-refractivity contribution in [1.29, 1.82) is 0 Å². The summed E-state index contributed by atoms with van der Waals surface area (Å²) in [5.74, 6) is -0.843. The van der Waals surface area contributed by atoms with Gasteiger partial charge >= 0.3 is 6.18 Å². The van der Waals surface area contributed by atoms with E-state index in [2.05, 4.69) is 6.58 Å². The molecule has 0 heterocycles. The molecule has 1 aliphatic carbocycles. The molecule has 0 spiro atoms. The first-order valence-corrected chi connectivity index (χ1v) is 7.69. The van der Waals surface area contributed by atoms with Crippen molar-refractivity contribution in [1.82, 2.24) is 5.32 Å². The number of fused-ring (bicyclic) bond motifs is 3. The molecule has 0 radical (unpaired) electrons. The minimum absolute atomic E-state index is 0.0160. The molecule has 25 heavy (non-hydrogen) atoms. The maximum Gasteiger partial charge on any atom is 0.405 e. The Hall–Kier alpha value is -2.60. The third-order valence-corrected chi connectivity index (χ3v) is 4.09. The number of nitrogens with one attached hydrogen (secondary N) is 1. The van der Waals surface area contributed by atoms with Gasteiger partial charge in [0.15, 0.2) is 5.60 Å². The molecule has 3 rings (SSSR count). The molecule has 0 aliphatic heterocycles. The van der Waals surface area contributed by atoms with Gasteiger partial charge in [0, 0.05) is 11.1 Å². The second-order valence-corrected chi connectivity index (χ2v) is 5.67. The Morgan fingerprint density at radius 2 is 1.60 bits per heavy atom. The van der Waals surface area contributed by atoms with Crippen molar-refractivity contribution in [2.24, 2.45) is 0 Å². The first-order chi connectivity index (χ1) is 11.9. The van der Waals surface area contributed by atoms with E-state index in [1.54, 1.807) is 24.3 Å². The molecule has 1 N–H and O–H groups in total. The number of rotatable bonds is 5. The summed E-state index contributed by atoms with van der Waals surface area (Å²) in [7, 11) is 0. The maximum atomic E-state index is 12.9. The highest BCUT2D eigenvalue weighted by Crippen LogP contribution is 2.49. The average molecular weight is 347 g/mol. The number of ether oxygens (including phenoxy) is 1. The Bertz CT molecular complexity index is 769. The lowest BCUT2D eigenvalue weighted by molar-refractivity contribution is -0.152. The fourth-order valence-electron chi connectivity index (χ4n) is 3.15. The minimum atomic E-state index is -4.51. The highest BCUT2D eigenvalue weighted by atomic mass is 19.4. The third kappa shape index (κ3) is 2.93. The third-order valence-electron chi connectivity index (χ3n) is 4.09. The number of alkyl halides is 3. The number of benzene rings is 2. The molecule has 0 unspecified atom stereocenters. The average Bonchev–Trinajstić information content (AvgIpc) is 2.89. The molecule has 1 aliphatic rings. The van der Waals surface area contributed by atoms with E-state index in [-0.39, 0.29) is 6.61 Å². The van der Waals surface area contributed by atoms with Crippen LogP contribution in [0.1, 0.15) is 11.1 Å². The van der Waals surface area contributed by atoms with Crippen LogP contribution in [0.4, 0.5) is 13.2 Å². The van der Waals surface area contributed by atoms with Crippen LogP contribution in [-0.4, -0.2) is 25.2 Å². The van der Waals surface area contributed by atoms with E-state index in [9.17, 15) is 18.0 Å². The SMILES string of the molecule is C=CCOC1(C(=O)NCC(F)(F)F)c2ccccc2-c2ccccc21. The molecule has 0 aromatic heterocycles. The van der Waals surface area contributed by atoms with E-state index in [0.717, 1.165) is 11.1 Å². The van der Waals surface area contributed by atoms with Gasteiger partial charge < -0.3 is 10.1 Å². The summed E-state index contributed by atoms with van der Waals surface area (Å²) in [6.45, 7) is 2.17. The zero-order valence-electron chi connectivity index (χ0n) is 13.3. The Kier molecular flexibility index (Phi) is 4.39. The number of amides is 1. The van der Waals surface area contributed by atoms with Gasteiger partial charge in [0.05, 0.1) is 6.61 Å². The van der Waals surface area contributed by atoms with Gasteiger partial charge in [-0.3, -0.25) is 4.79 Å². The van der Waals surface area contributed by atoms with Crippen molar-refractivity contribution in [3.63, 3.8) is 0 Å². The highest BCUT2D eigenvalue weighted by Gasteiger charge is 2.50. The van der Waals surface area contributed by atoms with Crippen LogP contribution in [0.2, 0.25) is 0 Å². The molecule has 0 fully saturated rings. The molecular formula is C19H16F3NO2. The minimum Gasteiger partial charge on any atom is -0.352 e. The standard InChI is InChI=1S/C19H16F3NO2/c1-2-11-25-19(17(24)23-12-18(20,21)22)15-9-5-3-7-13(15)14-8-4-6-10-16(14)19/h2-10H,1,11-12H2,(H,23,24). The molecule has 2 aromatic rings. The van der Waals surface area contributed by atoms with E-state index in [1.165, 1.54) is 6.08 Å². The van der Waals surface area contributed by atoms with Gasteiger partial charge in [-0.2, -0.15) is 13.2 Å². The van der Waals surface area contributed by atoms with E-state index in [4.69, 9.17) is 4.74 Å². The zero-order chi connectivity index (χ0) is 18.1. The second kappa shape index (κ2) is 6.37. The number of hydrogen-bond donors (Lipinski definition) is 1.